The van der Waals surface area contributed by atoms with Crippen molar-refractivity contribution in [3.8, 4) is 0 Å². The van der Waals surface area contributed by atoms with Crippen molar-refractivity contribution in [3.05, 3.63) is 12.7 Å². The first-order chi connectivity index (χ1) is 11.2. The summed E-state index contributed by atoms with van der Waals surface area (Å²) in [4.78, 5) is 10.1. The van der Waals surface area contributed by atoms with E-state index in [0.717, 1.165) is 12.7 Å². The summed E-state index contributed by atoms with van der Waals surface area (Å²) in [5.41, 5.74) is 0. The topological polar surface area (TPSA) is 42.1 Å². The molecule has 4 atom stereocenters. The molecule has 0 aromatic rings. The fraction of sp³-hybridized carbons (Fsp3) is 0.833. The second-order valence-corrected chi connectivity index (χ2v) is 5.64. The van der Waals surface area contributed by atoms with Crippen LogP contribution in [0.2, 0.25) is 0 Å². The van der Waals surface area contributed by atoms with Crippen LogP contribution in [0.25, 0.3) is 0 Å². The summed E-state index contributed by atoms with van der Waals surface area (Å²) in [6, 6.07) is 0. The number of hydrogen-bond donors (Lipinski definition) is 1. The molecule has 2 saturated heterocycles. The van der Waals surface area contributed by atoms with E-state index >= 15 is 0 Å². The van der Waals surface area contributed by atoms with Crippen LogP contribution in [0.15, 0.2) is 12.7 Å². The predicted molar refractivity (Wildman–Crippen MR) is 97.9 cm³/mol. The molecule has 2 unspecified atom stereocenters. The third kappa shape index (κ3) is 13.6. The molecule has 23 heavy (non-hydrogen) atoms. The third-order valence-electron chi connectivity index (χ3n) is 3.79. The molecule has 2 aliphatic heterocycles. The van der Waals surface area contributed by atoms with Gasteiger partial charge >= 0.3 is 29.6 Å². The number of thiol groups is 1. The molecule has 0 aromatic carbocycles. The van der Waals surface area contributed by atoms with E-state index in [1.54, 1.807) is 0 Å². The Kier molecular flexibility index (Phi) is 18.0. The average molecular weight is 356 g/mol. The van der Waals surface area contributed by atoms with Gasteiger partial charge < -0.3 is 15.7 Å². The van der Waals surface area contributed by atoms with Crippen LogP contribution in [-0.2, 0) is 14.3 Å². The van der Waals surface area contributed by atoms with Crippen LogP contribution in [0.4, 0.5) is 0 Å². The maximum absolute atomic E-state index is 10.1. The molecule has 0 aromatic heterocycles. The van der Waals surface area contributed by atoms with Crippen molar-refractivity contribution in [2.75, 3.05) is 6.23 Å². The molecule has 0 amide bonds. The minimum atomic E-state index is -0.0585. The maximum Gasteiger partial charge on any atom is 1.00 e. The molecule has 2 aliphatic rings. The van der Waals surface area contributed by atoms with Crippen molar-refractivity contribution < 1.29 is 46.6 Å². The maximum atomic E-state index is 10.1. The Balaban J connectivity index is -0.000000313. The largest absolute Gasteiger partial charge is 1.00 e. The molecule has 5 heteroatoms. The first-order valence-corrected chi connectivity index (χ1v) is 9.10. The van der Waals surface area contributed by atoms with Crippen molar-refractivity contribution in [2.24, 2.45) is 0 Å². The van der Waals surface area contributed by atoms with Gasteiger partial charge in [0.05, 0.1) is 12.2 Å². The summed E-state index contributed by atoms with van der Waals surface area (Å²) >= 11 is 3.46. The van der Waals surface area contributed by atoms with E-state index < -0.39 is 0 Å². The zero-order chi connectivity index (χ0) is 17.5. The number of aldehydes is 1. The summed E-state index contributed by atoms with van der Waals surface area (Å²) in [6.07, 6.45) is 14.0. The molecule has 2 rings (SSSR count). The molecule has 3 nitrogen and oxygen atoms in total. The molecule has 0 spiro atoms. The number of carbonyl (C=O) groups is 1. The predicted octanol–water partition coefficient (Wildman–Crippen LogP) is 1.72. The fourth-order valence-electron chi connectivity index (χ4n) is 2.30. The van der Waals surface area contributed by atoms with E-state index in [-0.39, 0.29) is 49.4 Å². The molecule has 0 bridgehead atoms. The smallest absolute Gasteiger partial charge is 1.00 e. The van der Waals surface area contributed by atoms with Crippen LogP contribution in [-0.4, -0.2) is 36.9 Å². The minimum Gasteiger partial charge on any atom is -1.00 e. The summed E-state index contributed by atoms with van der Waals surface area (Å²) < 4.78 is 16.4. The van der Waals surface area contributed by atoms with Gasteiger partial charge in [-0.05, 0) is 19.1 Å². The second-order valence-electron chi connectivity index (χ2n) is 5.64. The molecule has 2 fully saturated rings. The number of ether oxygens (including phenoxy) is 2. The molecular formula is C18H35NaO3S. The van der Waals surface area contributed by atoms with E-state index in [2.05, 4.69) is 33.1 Å². The van der Waals surface area contributed by atoms with E-state index in [1.807, 2.05) is 6.08 Å². The van der Waals surface area contributed by atoms with Crippen LogP contribution in [0, 0.1) is 0 Å². The van der Waals surface area contributed by atoms with E-state index in [9.17, 15) is 4.79 Å². The molecule has 0 saturated carbocycles. The number of hydrogen-bond acceptors (Lipinski definition) is 4. The standard InChI is InChI=1S/C9H16O.C8H14O2.CH4S.Na.H/c1-3-5-6-7-9-8(4-2)10-9;1-2-3-4-5-7-8(6-9)10-7;1-2;;/h4,8-9H,2-3,5-7H2,1H3;6-8H,2-5H2,1H3;2H,1H3;;/q;;;+1;-1/t8-,9?;7?,8-;;;/m11.../s1/i;;1D;;. The van der Waals surface area contributed by atoms with Gasteiger partial charge in [0.25, 0.3) is 0 Å². The van der Waals surface area contributed by atoms with Gasteiger partial charge in [-0.2, -0.15) is 12.6 Å². The normalized spacial score (nSPS) is 27.0. The van der Waals surface area contributed by atoms with Crippen molar-refractivity contribution in [1.29, 1.82) is 0 Å². The van der Waals surface area contributed by atoms with Gasteiger partial charge in [-0.25, -0.2) is 0 Å². The summed E-state index contributed by atoms with van der Waals surface area (Å²) in [5, 5.41) is 0. The number of unbranched alkanes of at least 4 members (excludes halogenated alkanes) is 4. The summed E-state index contributed by atoms with van der Waals surface area (Å²) in [5.74, 6) is 0. The zero-order valence-corrected chi connectivity index (χ0v) is 18.1. The molecule has 0 N–H and O–H groups in total. The van der Waals surface area contributed by atoms with E-state index in [4.69, 9.17) is 10.8 Å². The Morgan fingerprint density at radius 3 is 1.83 bits per heavy atom. The molecular weight excluding hydrogens is 319 g/mol. The number of rotatable bonds is 10. The fourth-order valence-corrected chi connectivity index (χ4v) is 2.30. The Morgan fingerprint density at radius 1 is 1.09 bits per heavy atom. The van der Waals surface area contributed by atoms with Crippen LogP contribution < -0.4 is 29.6 Å². The minimum absolute atomic E-state index is 0. The van der Waals surface area contributed by atoms with Crippen LogP contribution in [0.5, 0.6) is 0 Å². The summed E-state index contributed by atoms with van der Waals surface area (Å²) in [7, 11) is 0. The second kappa shape index (κ2) is 17.5. The van der Waals surface area contributed by atoms with Gasteiger partial charge in [0.2, 0.25) is 0 Å². The average Bonchev–Trinajstić information content (AvgIpc) is 3.45. The van der Waals surface area contributed by atoms with Crippen LogP contribution >= 0.6 is 12.6 Å². The molecule has 0 aliphatic carbocycles. The van der Waals surface area contributed by atoms with Crippen molar-refractivity contribution in [2.45, 2.75) is 89.6 Å². The molecule has 132 valence electrons. The SMILES string of the molecule is C=C[C@H]1OC1CCCCC.CCCCCC1O[C@@H]1C=O.[2H]CS.[H-].[Na+]. The Morgan fingerprint density at radius 2 is 1.52 bits per heavy atom. The Hall–Kier alpha value is 0.680. The van der Waals surface area contributed by atoms with Gasteiger partial charge in [0, 0.05) is 1.37 Å². The quantitative estimate of drug-likeness (QED) is 0.162. The zero-order valence-electron chi connectivity index (χ0n) is 17.2. The third-order valence-corrected chi connectivity index (χ3v) is 3.79. The van der Waals surface area contributed by atoms with Gasteiger partial charge in [-0.1, -0.05) is 58.4 Å². The molecule has 0 radical (unpaired) electrons. The number of epoxide rings is 2. The Labute approximate surface area is 173 Å². The van der Waals surface area contributed by atoms with Crippen molar-refractivity contribution >= 4 is 18.9 Å². The van der Waals surface area contributed by atoms with Gasteiger partial charge in [0.15, 0.2) is 6.29 Å². The number of carbonyl (C=O) groups excluding carboxylic acids is 1. The van der Waals surface area contributed by atoms with Crippen LogP contribution in [0.3, 0.4) is 0 Å². The van der Waals surface area contributed by atoms with Crippen LogP contribution in [0.1, 0.15) is 68.0 Å². The van der Waals surface area contributed by atoms with E-state index in [1.165, 1.54) is 44.9 Å². The first kappa shape index (κ1) is 23.7. The Bertz CT molecular complexity index is 284. The van der Waals surface area contributed by atoms with Crippen molar-refractivity contribution in [1.82, 2.24) is 0 Å². The van der Waals surface area contributed by atoms with Gasteiger partial charge in [-0.3, -0.25) is 0 Å². The summed E-state index contributed by atoms with van der Waals surface area (Å²) in [6.45, 7) is 8.07. The van der Waals surface area contributed by atoms with Gasteiger partial charge in [-0.15, -0.1) is 6.58 Å². The first-order valence-electron chi connectivity index (χ1n) is 9.17. The van der Waals surface area contributed by atoms with E-state index in [0.29, 0.717) is 12.2 Å². The monoisotopic (exact) mass is 355 g/mol. The molecule has 2 heterocycles. The van der Waals surface area contributed by atoms with Crippen molar-refractivity contribution in [3.63, 3.8) is 0 Å². The van der Waals surface area contributed by atoms with Gasteiger partial charge in [0.1, 0.15) is 12.2 Å².